The Morgan fingerprint density at radius 2 is 1.68 bits per heavy atom. The van der Waals surface area contributed by atoms with Gasteiger partial charge in [0.2, 0.25) is 0 Å². The molecule has 140 valence electrons. The number of carbonyl (C=O) groups is 1. The molecule has 2 rings (SSSR count). The van der Waals surface area contributed by atoms with Crippen molar-refractivity contribution in [2.45, 2.75) is 90.3 Å². The molecule has 2 N–H and O–H groups in total. The zero-order valence-corrected chi connectivity index (χ0v) is 16.6. The minimum atomic E-state index is -0.450. The summed E-state index contributed by atoms with van der Waals surface area (Å²) in [6.07, 6.45) is 3.78. The average molecular weight is 347 g/mol. The number of hydrogen-bond donors (Lipinski definition) is 2. The van der Waals surface area contributed by atoms with E-state index < -0.39 is 5.60 Å². The van der Waals surface area contributed by atoms with Crippen molar-refractivity contribution in [1.82, 2.24) is 5.32 Å². The van der Waals surface area contributed by atoms with Gasteiger partial charge in [-0.3, -0.25) is 0 Å². The molecule has 2 atom stereocenters. The molecule has 0 heterocycles. The van der Waals surface area contributed by atoms with Gasteiger partial charge >= 0.3 is 6.09 Å². The molecular formula is C21H34N2O2. The Hall–Kier alpha value is -1.71. The van der Waals surface area contributed by atoms with Crippen LogP contribution in [0.3, 0.4) is 0 Å². The van der Waals surface area contributed by atoms with Gasteiger partial charge in [-0.05, 0) is 69.6 Å². The predicted octanol–water partition coefficient (Wildman–Crippen LogP) is 5.23. The number of carbonyl (C=O) groups excluding carboxylic acids is 1. The van der Waals surface area contributed by atoms with Gasteiger partial charge in [-0.15, -0.1) is 0 Å². The number of hydrogen-bond acceptors (Lipinski definition) is 3. The van der Waals surface area contributed by atoms with Crippen LogP contribution in [0.25, 0.3) is 0 Å². The van der Waals surface area contributed by atoms with Crippen LogP contribution >= 0.6 is 0 Å². The van der Waals surface area contributed by atoms with Crippen LogP contribution in [0.4, 0.5) is 10.5 Å². The maximum atomic E-state index is 11.9. The molecule has 0 saturated heterocycles. The molecule has 1 aromatic rings. The summed E-state index contributed by atoms with van der Waals surface area (Å²) >= 11 is 0. The second-order valence-electron chi connectivity index (χ2n) is 8.81. The van der Waals surface area contributed by atoms with Gasteiger partial charge in [0.25, 0.3) is 0 Å². The first-order chi connectivity index (χ1) is 11.6. The highest BCUT2D eigenvalue weighted by molar-refractivity contribution is 5.68. The topological polar surface area (TPSA) is 50.4 Å². The molecule has 2 unspecified atom stereocenters. The van der Waals surface area contributed by atoms with Crippen LogP contribution in [-0.2, 0) is 10.2 Å². The highest BCUT2D eigenvalue weighted by Crippen LogP contribution is 2.29. The molecule has 0 radical (unpaired) electrons. The number of nitrogens with one attached hydrogen (secondary N) is 2. The van der Waals surface area contributed by atoms with E-state index >= 15 is 0 Å². The van der Waals surface area contributed by atoms with E-state index in [0.717, 1.165) is 31.4 Å². The predicted molar refractivity (Wildman–Crippen MR) is 104 cm³/mol. The molecule has 0 aliphatic heterocycles. The van der Waals surface area contributed by atoms with Crippen molar-refractivity contribution in [3.63, 3.8) is 0 Å². The van der Waals surface area contributed by atoms with E-state index in [0.29, 0.717) is 6.04 Å². The summed E-state index contributed by atoms with van der Waals surface area (Å²) in [6, 6.07) is 9.35. The molecule has 1 amide bonds. The summed E-state index contributed by atoms with van der Waals surface area (Å²) in [5.74, 6) is 0. The van der Waals surface area contributed by atoms with Crippen molar-refractivity contribution in [2.75, 3.05) is 5.32 Å². The lowest BCUT2D eigenvalue weighted by atomic mass is 9.82. The molecule has 1 aliphatic rings. The van der Waals surface area contributed by atoms with Crippen molar-refractivity contribution < 1.29 is 9.53 Å². The van der Waals surface area contributed by atoms with E-state index in [2.05, 4.69) is 55.7 Å². The molecule has 4 heteroatoms. The Morgan fingerprint density at radius 1 is 1.08 bits per heavy atom. The van der Waals surface area contributed by atoms with E-state index in [9.17, 15) is 4.79 Å². The molecule has 0 aromatic heterocycles. The van der Waals surface area contributed by atoms with Gasteiger partial charge in [0.1, 0.15) is 5.60 Å². The van der Waals surface area contributed by atoms with Gasteiger partial charge in [0, 0.05) is 17.8 Å². The number of benzene rings is 1. The molecule has 25 heavy (non-hydrogen) atoms. The smallest absolute Gasteiger partial charge is 0.407 e. The van der Waals surface area contributed by atoms with E-state index in [1.165, 1.54) is 5.56 Å². The molecular weight excluding hydrogens is 312 g/mol. The van der Waals surface area contributed by atoms with Gasteiger partial charge in [0.15, 0.2) is 0 Å². The summed E-state index contributed by atoms with van der Waals surface area (Å²) in [4.78, 5) is 11.9. The van der Waals surface area contributed by atoms with Gasteiger partial charge in [-0.2, -0.15) is 0 Å². The lowest BCUT2D eigenvalue weighted by molar-refractivity contribution is 0.0505. The van der Waals surface area contributed by atoms with Gasteiger partial charge < -0.3 is 15.4 Å². The monoisotopic (exact) mass is 346 g/mol. The summed E-state index contributed by atoms with van der Waals surface area (Å²) in [7, 11) is 0. The van der Waals surface area contributed by atoms with Crippen molar-refractivity contribution in [3.8, 4) is 0 Å². The van der Waals surface area contributed by atoms with E-state index in [4.69, 9.17) is 4.74 Å². The minimum Gasteiger partial charge on any atom is -0.444 e. The summed E-state index contributed by atoms with van der Waals surface area (Å²) in [5, 5.41) is 6.58. The number of rotatable bonds is 5. The first kappa shape index (κ1) is 19.6. The number of alkyl carbamates (subject to hydrolysis) is 1. The van der Waals surface area contributed by atoms with Crippen LogP contribution in [0.2, 0.25) is 0 Å². The van der Waals surface area contributed by atoms with Crippen LogP contribution in [-0.4, -0.2) is 23.8 Å². The maximum Gasteiger partial charge on any atom is 0.407 e. The Labute approximate surface area is 152 Å². The fourth-order valence-electron chi connectivity index (χ4n) is 3.18. The lowest BCUT2D eigenvalue weighted by Crippen LogP contribution is -2.38. The summed E-state index contributed by atoms with van der Waals surface area (Å²) in [6.45, 7) is 12.4. The highest BCUT2D eigenvalue weighted by Gasteiger charge is 2.27. The Morgan fingerprint density at radius 3 is 2.24 bits per heavy atom. The van der Waals surface area contributed by atoms with Gasteiger partial charge in [-0.25, -0.2) is 4.79 Å². The van der Waals surface area contributed by atoms with Crippen molar-refractivity contribution >= 4 is 11.8 Å². The van der Waals surface area contributed by atoms with Crippen LogP contribution in [0.15, 0.2) is 24.3 Å². The first-order valence-electron chi connectivity index (χ1n) is 9.45. The zero-order chi connectivity index (χ0) is 18.7. The van der Waals surface area contributed by atoms with Crippen molar-refractivity contribution in [3.05, 3.63) is 29.8 Å². The molecule has 1 aromatic carbocycles. The van der Waals surface area contributed by atoms with E-state index in [-0.39, 0.29) is 17.6 Å². The molecule has 1 aliphatic carbocycles. The maximum absolute atomic E-state index is 11.9. The third-order valence-electron chi connectivity index (χ3n) is 5.07. The molecule has 0 spiro atoms. The van der Waals surface area contributed by atoms with E-state index in [1.54, 1.807) is 0 Å². The van der Waals surface area contributed by atoms with Crippen molar-refractivity contribution in [2.24, 2.45) is 0 Å². The average Bonchev–Trinajstić information content (AvgIpc) is 2.92. The van der Waals surface area contributed by atoms with Crippen LogP contribution in [0.1, 0.15) is 72.8 Å². The fraction of sp³-hybridized carbons (Fsp3) is 0.667. The molecule has 4 nitrogen and oxygen atoms in total. The quantitative estimate of drug-likeness (QED) is 0.767. The third kappa shape index (κ3) is 5.94. The second kappa shape index (κ2) is 7.67. The third-order valence-corrected chi connectivity index (χ3v) is 5.07. The number of anilines is 1. The number of amides is 1. The van der Waals surface area contributed by atoms with Gasteiger partial charge in [-0.1, -0.05) is 32.9 Å². The molecule has 0 bridgehead atoms. The Kier molecular flexibility index (Phi) is 6.02. The lowest BCUT2D eigenvalue weighted by Gasteiger charge is -2.24. The first-order valence-corrected chi connectivity index (χ1v) is 9.45. The normalized spacial score (nSPS) is 21.0. The van der Waals surface area contributed by atoms with Crippen LogP contribution in [0, 0.1) is 0 Å². The summed E-state index contributed by atoms with van der Waals surface area (Å²) in [5.41, 5.74) is 2.29. The molecule has 1 saturated carbocycles. The highest BCUT2D eigenvalue weighted by atomic mass is 16.6. The largest absolute Gasteiger partial charge is 0.444 e. The van der Waals surface area contributed by atoms with Crippen molar-refractivity contribution in [1.29, 1.82) is 0 Å². The zero-order valence-electron chi connectivity index (χ0n) is 16.6. The van der Waals surface area contributed by atoms with Gasteiger partial charge in [0.05, 0.1) is 0 Å². The fourth-order valence-corrected chi connectivity index (χ4v) is 3.18. The minimum absolute atomic E-state index is 0.186. The number of ether oxygens (including phenoxy) is 1. The molecule has 1 fully saturated rings. The van der Waals surface area contributed by atoms with Crippen LogP contribution < -0.4 is 10.6 Å². The Bertz CT molecular complexity index is 573. The standard InChI is InChI=1S/C21H34N2O2/c1-7-21(5,6)15-8-10-16(11-9-15)22-17-12-13-18(14-17)23-19(24)25-20(2,3)4/h8-11,17-18,22H,7,12-14H2,1-6H3,(H,23,24). The Balaban J connectivity index is 1.84. The SMILES string of the molecule is CCC(C)(C)c1ccc(NC2CCC(NC(=O)OC(C)(C)C)C2)cc1. The summed E-state index contributed by atoms with van der Waals surface area (Å²) < 4.78 is 5.34. The van der Waals surface area contributed by atoms with Crippen LogP contribution in [0.5, 0.6) is 0 Å². The van der Waals surface area contributed by atoms with E-state index in [1.807, 2.05) is 20.8 Å². The second-order valence-corrected chi connectivity index (χ2v) is 8.81.